The first-order chi connectivity index (χ1) is 10.1. The fourth-order valence-corrected chi connectivity index (χ4v) is 4.04. The molecule has 1 spiro atoms. The van der Waals surface area contributed by atoms with E-state index < -0.39 is 0 Å². The average Bonchev–Trinajstić information content (AvgIpc) is 2.75. The van der Waals surface area contributed by atoms with Crippen molar-refractivity contribution >= 4 is 5.91 Å². The molecule has 1 aromatic carbocycles. The van der Waals surface area contributed by atoms with E-state index in [1.54, 1.807) is 6.92 Å². The van der Waals surface area contributed by atoms with Crippen LogP contribution in [0.2, 0.25) is 0 Å². The van der Waals surface area contributed by atoms with Gasteiger partial charge in [0.2, 0.25) is 5.91 Å². The van der Waals surface area contributed by atoms with Crippen molar-refractivity contribution in [3.63, 3.8) is 0 Å². The molecule has 3 nitrogen and oxygen atoms in total. The summed E-state index contributed by atoms with van der Waals surface area (Å²) in [7, 11) is 0. The summed E-state index contributed by atoms with van der Waals surface area (Å²) < 4.78 is 0. The van der Waals surface area contributed by atoms with Crippen molar-refractivity contribution in [2.45, 2.75) is 39.7 Å². The third-order valence-electron chi connectivity index (χ3n) is 5.07. The molecule has 21 heavy (non-hydrogen) atoms. The zero-order chi connectivity index (χ0) is 14.9. The molecule has 0 N–H and O–H groups in total. The Hall–Kier alpha value is -1.35. The molecule has 2 heterocycles. The Labute approximate surface area is 127 Å². The standard InChI is InChI=1S/C18H26N2O/c1-3-9-19-10-8-18(13-19)11-16-6-4-5-7-17(16)12-20(14-18)15(2)21/h4-7H,3,8-14H2,1-2H3. The van der Waals surface area contributed by atoms with Crippen molar-refractivity contribution in [3.8, 4) is 0 Å². The van der Waals surface area contributed by atoms with Crippen molar-refractivity contribution < 1.29 is 4.79 Å². The van der Waals surface area contributed by atoms with Crippen molar-refractivity contribution in [1.82, 2.24) is 9.80 Å². The number of hydrogen-bond acceptors (Lipinski definition) is 2. The maximum atomic E-state index is 12.0. The van der Waals surface area contributed by atoms with E-state index in [1.165, 1.54) is 37.1 Å². The maximum Gasteiger partial charge on any atom is 0.219 e. The van der Waals surface area contributed by atoms with Crippen molar-refractivity contribution in [2.75, 3.05) is 26.2 Å². The first-order valence-electron chi connectivity index (χ1n) is 8.16. The highest BCUT2D eigenvalue weighted by atomic mass is 16.2. The normalized spacial score (nSPS) is 25.9. The van der Waals surface area contributed by atoms with Gasteiger partial charge in [-0.05, 0) is 43.5 Å². The molecule has 0 saturated carbocycles. The topological polar surface area (TPSA) is 23.6 Å². The molecule has 1 aromatic rings. The van der Waals surface area contributed by atoms with Gasteiger partial charge in [-0.1, -0.05) is 31.2 Å². The molecule has 1 unspecified atom stereocenters. The Kier molecular flexibility index (Phi) is 4.03. The summed E-state index contributed by atoms with van der Waals surface area (Å²) in [5.41, 5.74) is 3.03. The van der Waals surface area contributed by atoms with Crippen molar-refractivity contribution in [2.24, 2.45) is 5.41 Å². The Balaban J connectivity index is 1.89. The van der Waals surface area contributed by atoms with E-state index in [4.69, 9.17) is 0 Å². The van der Waals surface area contributed by atoms with E-state index in [-0.39, 0.29) is 11.3 Å². The highest BCUT2D eigenvalue weighted by Gasteiger charge is 2.41. The largest absolute Gasteiger partial charge is 0.338 e. The highest BCUT2D eigenvalue weighted by molar-refractivity contribution is 5.73. The molecule has 1 atom stereocenters. The monoisotopic (exact) mass is 286 g/mol. The Morgan fingerprint density at radius 1 is 1.24 bits per heavy atom. The van der Waals surface area contributed by atoms with E-state index in [1.807, 2.05) is 0 Å². The fraction of sp³-hybridized carbons (Fsp3) is 0.611. The van der Waals surface area contributed by atoms with Gasteiger partial charge in [0, 0.05) is 32.0 Å². The molecule has 0 bridgehead atoms. The zero-order valence-corrected chi connectivity index (χ0v) is 13.3. The van der Waals surface area contributed by atoms with Crippen molar-refractivity contribution in [1.29, 1.82) is 0 Å². The van der Waals surface area contributed by atoms with Crippen LogP contribution in [0, 0.1) is 5.41 Å². The van der Waals surface area contributed by atoms with Gasteiger partial charge in [0.1, 0.15) is 0 Å². The second kappa shape index (κ2) is 5.80. The first kappa shape index (κ1) is 14.6. The molecule has 0 aromatic heterocycles. The van der Waals surface area contributed by atoms with E-state index in [0.717, 1.165) is 26.1 Å². The van der Waals surface area contributed by atoms with Gasteiger partial charge in [0.25, 0.3) is 0 Å². The lowest BCUT2D eigenvalue weighted by Crippen LogP contribution is -2.41. The summed E-state index contributed by atoms with van der Waals surface area (Å²) >= 11 is 0. The lowest BCUT2D eigenvalue weighted by Gasteiger charge is -2.32. The van der Waals surface area contributed by atoms with Gasteiger partial charge in [-0.2, -0.15) is 0 Å². The number of fused-ring (bicyclic) bond motifs is 1. The summed E-state index contributed by atoms with van der Waals surface area (Å²) in [6.07, 6.45) is 3.54. The van der Waals surface area contributed by atoms with Gasteiger partial charge < -0.3 is 9.80 Å². The van der Waals surface area contributed by atoms with Gasteiger partial charge in [0.05, 0.1) is 0 Å². The van der Waals surface area contributed by atoms with E-state index in [9.17, 15) is 4.79 Å². The minimum absolute atomic E-state index is 0.208. The molecule has 114 valence electrons. The smallest absolute Gasteiger partial charge is 0.219 e. The Bertz CT molecular complexity index is 528. The van der Waals surface area contributed by atoms with Gasteiger partial charge >= 0.3 is 0 Å². The summed E-state index contributed by atoms with van der Waals surface area (Å²) in [5.74, 6) is 0.208. The summed E-state index contributed by atoms with van der Waals surface area (Å²) in [6.45, 7) is 9.15. The third-order valence-corrected chi connectivity index (χ3v) is 5.07. The lowest BCUT2D eigenvalue weighted by molar-refractivity contribution is -0.130. The summed E-state index contributed by atoms with van der Waals surface area (Å²) in [6, 6.07) is 8.66. The van der Waals surface area contributed by atoms with Crippen LogP contribution in [0.15, 0.2) is 24.3 Å². The number of benzene rings is 1. The number of likely N-dealkylation sites (tertiary alicyclic amines) is 1. The quantitative estimate of drug-likeness (QED) is 0.834. The van der Waals surface area contributed by atoms with Gasteiger partial charge in [-0.15, -0.1) is 0 Å². The predicted octanol–water partition coefficient (Wildman–Crippen LogP) is 2.69. The van der Waals surface area contributed by atoms with Crippen LogP contribution in [0.5, 0.6) is 0 Å². The van der Waals surface area contributed by atoms with Crippen LogP contribution in [-0.4, -0.2) is 41.9 Å². The molecule has 0 aliphatic carbocycles. The predicted molar refractivity (Wildman–Crippen MR) is 85.0 cm³/mol. The molecule has 1 saturated heterocycles. The van der Waals surface area contributed by atoms with Gasteiger partial charge in [-0.3, -0.25) is 4.79 Å². The number of carbonyl (C=O) groups excluding carboxylic acids is 1. The highest BCUT2D eigenvalue weighted by Crippen LogP contribution is 2.38. The number of carbonyl (C=O) groups is 1. The zero-order valence-electron chi connectivity index (χ0n) is 13.3. The number of hydrogen-bond donors (Lipinski definition) is 0. The van der Waals surface area contributed by atoms with Crippen LogP contribution < -0.4 is 0 Å². The molecule has 1 fully saturated rings. The molecular weight excluding hydrogens is 260 g/mol. The molecule has 1 amide bonds. The maximum absolute atomic E-state index is 12.0. The van der Waals surface area contributed by atoms with Crippen LogP contribution in [-0.2, 0) is 17.8 Å². The lowest BCUT2D eigenvalue weighted by atomic mass is 9.80. The minimum atomic E-state index is 0.208. The number of nitrogens with zero attached hydrogens (tertiary/aromatic N) is 2. The van der Waals surface area contributed by atoms with Crippen molar-refractivity contribution in [3.05, 3.63) is 35.4 Å². The first-order valence-corrected chi connectivity index (χ1v) is 8.16. The molecule has 3 rings (SSSR count). The third kappa shape index (κ3) is 2.98. The van der Waals surface area contributed by atoms with Gasteiger partial charge in [-0.25, -0.2) is 0 Å². The van der Waals surface area contributed by atoms with E-state index in [0.29, 0.717) is 0 Å². The van der Waals surface area contributed by atoms with E-state index in [2.05, 4.69) is 41.0 Å². The molecule has 2 aliphatic heterocycles. The number of rotatable bonds is 2. The SMILES string of the molecule is CCCN1CCC2(Cc3ccccc3CN(C(C)=O)C2)C1. The Morgan fingerprint density at radius 2 is 2.00 bits per heavy atom. The van der Waals surface area contributed by atoms with Crippen LogP contribution in [0.3, 0.4) is 0 Å². The Morgan fingerprint density at radius 3 is 2.71 bits per heavy atom. The van der Waals surface area contributed by atoms with Crippen LogP contribution in [0.1, 0.15) is 37.8 Å². The second-order valence-corrected chi connectivity index (χ2v) is 6.85. The fourth-order valence-electron chi connectivity index (χ4n) is 4.04. The average molecular weight is 286 g/mol. The minimum Gasteiger partial charge on any atom is -0.338 e. The molecule has 0 radical (unpaired) electrons. The van der Waals surface area contributed by atoms with Crippen LogP contribution in [0.25, 0.3) is 0 Å². The summed E-state index contributed by atoms with van der Waals surface area (Å²) in [4.78, 5) is 16.7. The molecular formula is C18H26N2O. The molecule has 3 heteroatoms. The second-order valence-electron chi connectivity index (χ2n) is 6.85. The van der Waals surface area contributed by atoms with Crippen LogP contribution in [0.4, 0.5) is 0 Å². The number of amides is 1. The summed E-state index contributed by atoms with van der Waals surface area (Å²) in [5, 5.41) is 0. The van der Waals surface area contributed by atoms with Gasteiger partial charge in [0.15, 0.2) is 0 Å². The molecule has 2 aliphatic rings. The van der Waals surface area contributed by atoms with E-state index >= 15 is 0 Å². The van der Waals surface area contributed by atoms with Crippen LogP contribution >= 0.6 is 0 Å².